The third kappa shape index (κ3) is 2.07. The molecule has 0 radical (unpaired) electrons. The zero-order chi connectivity index (χ0) is 11.5. The molecule has 0 aromatic heterocycles. The molecule has 1 saturated heterocycles. The Hall–Kier alpha value is -1.04. The highest BCUT2D eigenvalue weighted by atomic mass is 19.1. The highest BCUT2D eigenvalue weighted by Gasteiger charge is 2.26. The minimum absolute atomic E-state index is 0.145. The summed E-state index contributed by atoms with van der Waals surface area (Å²) in [6.45, 7) is 0.468. The first-order valence-corrected chi connectivity index (χ1v) is 5.05. The standard InChI is InChI=1S/C11H12F2O3/c12-8-2-1-7(3-4-14)10(13)9(8)11-15-5-6-16-11/h1-2,11,14H,3-6H2. The number of rotatable bonds is 3. The van der Waals surface area contributed by atoms with Crippen LogP contribution >= 0.6 is 0 Å². The van der Waals surface area contributed by atoms with E-state index in [0.29, 0.717) is 13.2 Å². The Bertz CT molecular complexity index is 376. The molecule has 16 heavy (non-hydrogen) atoms. The Balaban J connectivity index is 2.37. The number of ether oxygens (including phenoxy) is 2. The van der Waals surface area contributed by atoms with E-state index in [1.165, 1.54) is 6.07 Å². The van der Waals surface area contributed by atoms with Gasteiger partial charge in [-0.25, -0.2) is 8.78 Å². The van der Waals surface area contributed by atoms with E-state index in [2.05, 4.69) is 0 Å². The zero-order valence-corrected chi connectivity index (χ0v) is 8.58. The van der Waals surface area contributed by atoms with Gasteiger partial charge in [-0.05, 0) is 18.1 Å². The molecule has 0 spiro atoms. The van der Waals surface area contributed by atoms with Gasteiger partial charge in [-0.3, -0.25) is 0 Å². The van der Waals surface area contributed by atoms with Crippen LogP contribution in [0, 0.1) is 11.6 Å². The van der Waals surface area contributed by atoms with Gasteiger partial charge in [0.25, 0.3) is 0 Å². The molecule has 2 rings (SSSR count). The van der Waals surface area contributed by atoms with E-state index in [-0.39, 0.29) is 24.2 Å². The van der Waals surface area contributed by atoms with Crippen molar-refractivity contribution < 1.29 is 23.4 Å². The van der Waals surface area contributed by atoms with E-state index in [1.807, 2.05) is 0 Å². The normalized spacial score (nSPS) is 16.9. The van der Waals surface area contributed by atoms with Crippen LogP contribution < -0.4 is 0 Å². The second-order valence-corrected chi connectivity index (χ2v) is 3.48. The molecule has 3 nitrogen and oxygen atoms in total. The van der Waals surface area contributed by atoms with Crippen LogP contribution in [0.5, 0.6) is 0 Å². The molecule has 1 aromatic carbocycles. The molecular formula is C11H12F2O3. The van der Waals surface area contributed by atoms with Gasteiger partial charge in [-0.15, -0.1) is 0 Å². The molecule has 0 aliphatic carbocycles. The van der Waals surface area contributed by atoms with Gasteiger partial charge in [-0.2, -0.15) is 0 Å². The smallest absolute Gasteiger partial charge is 0.189 e. The predicted molar refractivity (Wildman–Crippen MR) is 51.8 cm³/mol. The van der Waals surface area contributed by atoms with Crippen molar-refractivity contribution in [1.82, 2.24) is 0 Å². The van der Waals surface area contributed by atoms with Crippen LogP contribution in [0.3, 0.4) is 0 Å². The lowest BCUT2D eigenvalue weighted by atomic mass is 10.1. The van der Waals surface area contributed by atoms with Crippen LogP contribution in [0.4, 0.5) is 8.78 Å². The van der Waals surface area contributed by atoms with Gasteiger partial charge in [0.05, 0.1) is 18.8 Å². The van der Waals surface area contributed by atoms with Gasteiger partial charge in [0, 0.05) is 6.61 Å². The molecule has 1 N–H and O–H groups in total. The van der Waals surface area contributed by atoms with E-state index in [9.17, 15) is 8.78 Å². The molecule has 1 aliphatic heterocycles. The average Bonchev–Trinajstić information content (AvgIpc) is 2.76. The third-order valence-corrected chi connectivity index (χ3v) is 2.45. The summed E-state index contributed by atoms with van der Waals surface area (Å²) in [6, 6.07) is 2.48. The van der Waals surface area contributed by atoms with Crippen molar-refractivity contribution in [2.45, 2.75) is 12.7 Å². The van der Waals surface area contributed by atoms with Crippen molar-refractivity contribution in [3.8, 4) is 0 Å². The van der Waals surface area contributed by atoms with E-state index in [0.717, 1.165) is 6.07 Å². The molecule has 0 saturated carbocycles. The largest absolute Gasteiger partial charge is 0.396 e. The maximum absolute atomic E-state index is 13.9. The Morgan fingerprint density at radius 1 is 1.25 bits per heavy atom. The minimum atomic E-state index is -0.973. The molecule has 1 fully saturated rings. The molecule has 1 heterocycles. The highest BCUT2D eigenvalue weighted by molar-refractivity contribution is 5.29. The minimum Gasteiger partial charge on any atom is -0.396 e. The molecule has 0 amide bonds. The maximum Gasteiger partial charge on any atom is 0.189 e. The first-order chi connectivity index (χ1) is 7.74. The Kier molecular flexibility index (Phi) is 3.48. The highest BCUT2D eigenvalue weighted by Crippen LogP contribution is 2.29. The van der Waals surface area contributed by atoms with E-state index < -0.39 is 17.9 Å². The van der Waals surface area contributed by atoms with Crippen LogP contribution in [0.25, 0.3) is 0 Å². The second-order valence-electron chi connectivity index (χ2n) is 3.48. The van der Waals surface area contributed by atoms with Gasteiger partial charge in [0.2, 0.25) is 0 Å². The van der Waals surface area contributed by atoms with E-state index in [4.69, 9.17) is 14.6 Å². The fraction of sp³-hybridized carbons (Fsp3) is 0.455. The van der Waals surface area contributed by atoms with E-state index >= 15 is 0 Å². The average molecular weight is 230 g/mol. The van der Waals surface area contributed by atoms with Gasteiger partial charge >= 0.3 is 0 Å². The summed E-state index contributed by atoms with van der Waals surface area (Å²) in [6.07, 6.45) is -0.829. The van der Waals surface area contributed by atoms with Crippen molar-refractivity contribution in [2.75, 3.05) is 19.8 Å². The number of halogens is 2. The van der Waals surface area contributed by atoms with Crippen molar-refractivity contribution in [3.63, 3.8) is 0 Å². The van der Waals surface area contributed by atoms with Gasteiger partial charge in [0.1, 0.15) is 11.6 Å². The van der Waals surface area contributed by atoms with Gasteiger partial charge in [-0.1, -0.05) is 6.07 Å². The Labute approximate surface area is 91.6 Å². The van der Waals surface area contributed by atoms with Crippen LogP contribution in [0.15, 0.2) is 12.1 Å². The fourth-order valence-electron chi connectivity index (χ4n) is 1.67. The van der Waals surface area contributed by atoms with Crippen LogP contribution in [0.2, 0.25) is 0 Å². The third-order valence-electron chi connectivity index (χ3n) is 2.45. The second kappa shape index (κ2) is 4.86. The molecular weight excluding hydrogens is 218 g/mol. The SMILES string of the molecule is OCCc1ccc(F)c(C2OCCO2)c1F. The first-order valence-electron chi connectivity index (χ1n) is 5.05. The lowest BCUT2D eigenvalue weighted by molar-refractivity contribution is -0.0490. The van der Waals surface area contributed by atoms with Crippen molar-refractivity contribution in [2.24, 2.45) is 0 Å². The number of aliphatic hydroxyl groups excluding tert-OH is 1. The molecule has 5 heteroatoms. The van der Waals surface area contributed by atoms with E-state index in [1.54, 1.807) is 0 Å². The summed E-state index contributed by atoms with van der Waals surface area (Å²) in [5, 5.41) is 8.75. The topological polar surface area (TPSA) is 38.7 Å². The molecule has 0 unspecified atom stereocenters. The summed E-state index contributed by atoms with van der Waals surface area (Å²) in [5.41, 5.74) is 0.0569. The summed E-state index contributed by atoms with van der Waals surface area (Å²) in [4.78, 5) is 0. The summed E-state index contributed by atoms with van der Waals surface area (Å²) in [5.74, 6) is -1.38. The summed E-state index contributed by atoms with van der Waals surface area (Å²) >= 11 is 0. The molecule has 1 aliphatic rings. The molecule has 0 bridgehead atoms. The maximum atomic E-state index is 13.9. The van der Waals surface area contributed by atoms with Gasteiger partial charge < -0.3 is 14.6 Å². The number of hydrogen-bond acceptors (Lipinski definition) is 3. The number of hydrogen-bond donors (Lipinski definition) is 1. The number of aliphatic hydroxyl groups is 1. The van der Waals surface area contributed by atoms with Gasteiger partial charge in [0.15, 0.2) is 6.29 Å². The molecule has 88 valence electrons. The quantitative estimate of drug-likeness (QED) is 0.856. The van der Waals surface area contributed by atoms with Crippen molar-refractivity contribution >= 4 is 0 Å². The predicted octanol–water partition coefficient (Wildman–Crippen LogP) is 1.54. The lowest BCUT2D eigenvalue weighted by Crippen LogP contribution is -2.08. The monoisotopic (exact) mass is 230 g/mol. The summed E-state index contributed by atoms with van der Waals surface area (Å²) in [7, 11) is 0. The first kappa shape index (κ1) is 11.4. The zero-order valence-electron chi connectivity index (χ0n) is 8.58. The number of benzene rings is 1. The Morgan fingerprint density at radius 3 is 2.56 bits per heavy atom. The van der Waals surface area contributed by atoms with Crippen molar-refractivity contribution in [1.29, 1.82) is 0 Å². The lowest BCUT2D eigenvalue weighted by Gasteiger charge is -2.13. The fourth-order valence-corrected chi connectivity index (χ4v) is 1.67. The molecule has 1 aromatic rings. The van der Waals surface area contributed by atoms with Crippen LogP contribution in [-0.4, -0.2) is 24.9 Å². The summed E-state index contributed by atoms with van der Waals surface area (Å²) < 4.78 is 37.5. The Morgan fingerprint density at radius 2 is 1.94 bits per heavy atom. The van der Waals surface area contributed by atoms with Crippen LogP contribution in [0.1, 0.15) is 17.4 Å². The molecule has 0 atom stereocenters. The van der Waals surface area contributed by atoms with Crippen molar-refractivity contribution in [3.05, 3.63) is 34.9 Å². The van der Waals surface area contributed by atoms with Crippen LogP contribution in [-0.2, 0) is 15.9 Å².